The molecule has 1 aliphatic carbocycles. The molecule has 1 heterocycles. The molecule has 1 unspecified atom stereocenters. The predicted octanol–water partition coefficient (Wildman–Crippen LogP) is 2.40. The molecule has 0 saturated heterocycles. The van der Waals surface area contributed by atoms with Crippen LogP contribution in [0.5, 0.6) is 11.5 Å². The molecule has 8 heteroatoms. The van der Waals surface area contributed by atoms with Crippen molar-refractivity contribution in [3.8, 4) is 29.7 Å². The van der Waals surface area contributed by atoms with Crippen LogP contribution in [-0.4, -0.2) is 43.8 Å². The van der Waals surface area contributed by atoms with E-state index in [0.717, 1.165) is 0 Å². The van der Waals surface area contributed by atoms with Gasteiger partial charge in [-0.15, -0.1) is 0 Å². The van der Waals surface area contributed by atoms with E-state index in [-0.39, 0.29) is 18.2 Å². The summed E-state index contributed by atoms with van der Waals surface area (Å²) in [4.78, 5) is 13.7. The Morgan fingerprint density at radius 2 is 1.93 bits per heavy atom. The number of carbonyl (C=O) groups is 1. The van der Waals surface area contributed by atoms with Crippen LogP contribution in [0.15, 0.2) is 29.8 Å². The van der Waals surface area contributed by atoms with Crippen molar-refractivity contribution in [3.05, 3.63) is 35.4 Å². The van der Waals surface area contributed by atoms with E-state index in [9.17, 15) is 20.6 Å². The number of benzene rings is 1. The van der Waals surface area contributed by atoms with Crippen molar-refractivity contribution in [2.75, 3.05) is 27.3 Å². The van der Waals surface area contributed by atoms with Crippen molar-refractivity contribution in [2.45, 2.75) is 12.8 Å². The zero-order chi connectivity index (χ0) is 22.1. The van der Waals surface area contributed by atoms with Crippen LogP contribution in [0, 0.1) is 56.7 Å². The molecule has 1 saturated carbocycles. The Bertz CT molecular complexity index is 1040. The molecule has 0 aromatic heterocycles. The molecule has 0 radical (unpaired) electrons. The highest BCUT2D eigenvalue weighted by Crippen LogP contribution is 2.55. The van der Waals surface area contributed by atoms with Gasteiger partial charge in [-0.25, -0.2) is 0 Å². The lowest BCUT2D eigenvalue weighted by molar-refractivity contribution is -0.129. The zero-order valence-corrected chi connectivity index (χ0v) is 17.0. The largest absolute Gasteiger partial charge is 0.497 e. The van der Waals surface area contributed by atoms with Crippen molar-refractivity contribution < 1.29 is 14.3 Å². The SMILES string of the molecule is COc1ccc(OC)c([C@@H]2[C@H]3CN(C(C)=O)CC=C3C(C#N)C(=N)C2(C#N)C#N)c1. The molecular formula is C22H21N5O3. The van der Waals surface area contributed by atoms with Crippen molar-refractivity contribution >= 4 is 11.6 Å². The maximum absolute atomic E-state index is 12.1. The van der Waals surface area contributed by atoms with Crippen LogP contribution in [0.4, 0.5) is 0 Å². The summed E-state index contributed by atoms with van der Waals surface area (Å²) in [5.41, 5.74) is -0.941. The smallest absolute Gasteiger partial charge is 0.219 e. The molecule has 1 aromatic rings. The minimum Gasteiger partial charge on any atom is -0.497 e. The molecule has 152 valence electrons. The second-order valence-electron chi connectivity index (χ2n) is 7.33. The van der Waals surface area contributed by atoms with Gasteiger partial charge in [-0.2, -0.15) is 15.8 Å². The minimum atomic E-state index is -1.89. The number of ether oxygens (including phenoxy) is 2. The fourth-order valence-corrected chi connectivity index (χ4v) is 4.49. The lowest BCUT2D eigenvalue weighted by Gasteiger charge is -2.47. The summed E-state index contributed by atoms with van der Waals surface area (Å²) in [5.74, 6) is -1.50. The van der Waals surface area contributed by atoms with Crippen molar-refractivity contribution in [1.82, 2.24) is 4.90 Å². The van der Waals surface area contributed by atoms with Gasteiger partial charge in [0.15, 0.2) is 5.41 Å². The average molecular weight is 403 g/mol. The van der Waals surface area contributed by atoms with Crippen molar-refractivity contribution in [2.24, 2.45) is 17.3 Å². The molecule has 3 atom stereocenters. The Kier molecular flexibility index (Phi) is 5.49. The standard InChI is InChI=1S/C22H21N5O3/c1-13(28)27-7-6-15-17(9-23)21(26)22(11-24,12-25)20(18(15)10-27)16-8-14(29-2)4-5-19(16)30-3/h4-6,8,17-18,20,26H,7,10H2,1-3H3/t17?,18-,20+/m0/s1. The van der Waals surface area contributed by atoms with Gasteiger partial charge >= 0.3 is 0 Å². The summed E-state index contributed by atoms with van der Waals surface area (Å²) >= 11 is 0. The first-order valence-electron chi connectivity index (χ1n) is 9.36. The molecule has 1 N–H and O–H groups in total. The molecule has 1 fully saturated rings. The maximum atomic E-state index is 12.1. The number of carbonyl (C=O) groups excluding carboxylic acids is 1. The minimum absolute atomic E-state index is 0.143. The first-order chi connectivity index (χ1) is 14.4. The van der Waals surface area contributed by atoms with E-state index in [4.69, 9.17) is 14.9 Å². The Hall–Kier alpha value is -3.83. The molecule has 1 amide bonds. The Labute approximate surface area is 175 Å². The molecule has 3 rings (SSSR count). The van der Waals surface area contributed by atoms with Crippen LogP contribution < -0.4 is 9.47 Å². The fraction of sp³-hybridized carbons (Fsp3) is 0.409. The van der Waals surface area contributed by atoms with Crippen LogP contribution in [-0.2, 0) is 4.79 Å². The molecule has 0 spiro atoms. The van der Waals surface area contributed by atoms with Gasteiger partial charge in [-0.1, -0.05) is 6.08 Å². The van der Waals surface area contributed by atoms with E-state index in [1.165, 1.54) is 21.1 Å². The number of rotatable bonds is 3. The van der Waals surface area contributed by atoms with Gasteiger partial charge in [0.05, 0.1) is 38.1 Å². The van der Waals surface area contributed by atoms with Gasteiger partial charge in [0.2, 0.25) is 5.91 Å². The third kappa shape index (κ3) is 2.96. The van der Waals surface area contributed by atoms with Crippen LogP contribution in [0.1, 0.15) is 18.4 Å². The molecule has 0 bridgehead atoms. The number of fused-ring (bicyclic) bond motifs is 1. The second kappa shape index (κ2) is 7.89. The number of amides is 1. The van der Waals surface area contributed by atoms with Crippen LogP contribution >= 0.6 is 0 Å². The number of nitrogens with zero attached hydrogens (tertiary/aromatic N) is 4. The van der Waals surface area contributed by atoms with Gasteiger partial charge in [0, 0.05) is 37.4 Å². The van der Waals surface area contributed by atoms with E-state index in [0.29, 0.717) is 29.2 Å². The number of nitriles is 3. The number of nitrogens with one attached hydrogen (secondary N) is 1. The molecule has 2 aliphatic rings. The van der Waals surface area contributed by atoms with E-state index in [1.807, 2.05) is 12.1 Å². The summed E-state index contributed by atoms with van der Waals surface area (Å²) in [6.07, 6.45) is 1.77. The topological polar surface area (TPSA) is 134 Å². The molecule has 8 nitrogen and oxygen atoms in total. The average Bonchev–Trinajstić information content (AvgIpc) is 2.77. The third-order valence-corrected chi connectivity index (χ3v) is 6.01. The molecular weight excluding hydrogens is 382 g/mol. The van der Waals surface area contributed by atoms with E-state index >= 15 is 0 Å². The van der Waals surface area contributed by atoms with Crippen molar-refractivity contribution in [1.29, 1.82) is 21.2 Å². The van der Waals surface area contributed by atoms with Crippen LogP contribution in [0.3, 0.4) is 0 Å². The van der Waals surface area contributed by atoms with Gasteiger partial charge in [-0.05, 0) is 23.8 Å². The van der Waals surface area contributed by atoms with E-state index < -0.39 is 23.2 Å². The van der Waals surface area contributed by atoms with E-state index in [1.54, 1.807) is 29.2 Å². The Morgan fingerprint density at radius 1 is 1.23 bits per heavy atom. The van der Waals surface area contributed by atoms with Gasteiger partial charge < -0.3 is 19.8 Å². The molecule has 1 aromatic carbocycles. The predicted molar refractivity (Wildman–Crippen MR) is 107 cm³/mol. The summed E-state index contributed by atoms with van der Waals surface area (Å²) in [6.45, 7) is 2.01. The zero-order valence-electron chi connectivity index (χ0n) is 17.0. The lowest BCUT2D eigenvalue weighted by Crippen LogP contribution is -2.53. The highest BCUT2D eigenvalue weighted by atomic mass is 16.5. The molecule has 1 aliphatic heterocycles. The third-order valence-electron chi connectivity index (χ3n) is 6.01. The maximum Gasteiger partial charge on any atom is 0.219 e. The molecule has 30 heavy (non-hydrogen) atoms. The van der Waals surface area contributed by atoms with Crippen LogP contribution in [0.2, 0.25) is 0 Å². The monoisotopic (exact) mass is 403 g/mol. The van der Waals surface area contributed by atoms with Gasteiger partial charge in [0.1, 0.15) is 17.4 Å². The normalized spacial score (nSPS) is 24.4. The Morgan fingerprint density at radius 3 is 2.47 bits per heavy atom. The quantitative estimate of drug-likeness (QED) is 0.770. The fourth-order valence-electron chi connectivity index (χ4n) is 4.49. The number of hydrogen-bond acceptors (Lipinski definition) is 7. The lowest BCUT2D eigenvalue weighted by atomic mass is 9.54. The Balaban J connectivity index is 2.33. The van der Waals surface area contributed by atoms with Crippen molar-refractivity contribution in [3.63, 3.8) is 0 Å². The number of methoxy groups -OCH3 is 2. The summed E-state index contributed by atoms with van der Waals surface area (Å²) in [6, 6.07) is 11.2. The van der Waals surface area contributed by atoms with Gasteiger partial charge in [0.25, 0.3) is 0 Å². The van der Waals surface area contributed by atoms with Crippen LogP contribution in [0.25, 0.3) is 0 Å². The van der Waals surface area contributed by atoms with E-state index in [2.05, 4.69) is 6.07 Å². The highest BCUT2D eigenvalue weighted by Gasteiger charge is 2.58. The first kappa shape index (κ1) is 20.9. The first-order valence-corrected chi connectivity index (χ1v) is 9.36. The summed E-state index contributed by atoms with van der Waals surface area (Å²) < 4.78 is 10.9. The summed E-state index contributed by atoms with van der Waals surface area (Å²) in [7, 11) is 2.99. The number of hydrogen-bond donors (Lipinski definition) is 1. The second-order valence-corrected chi connectivity index (χ2v) is 7.33. The van der Waals surface area contributed by atoms with Gasteiger partial charge in [-0.3, -0.25) is 4.79 Å². The highest BCUT2D eigenvalue weighted by molar-refractivity contribution is 6.01. The summed E-state index contributed by atoms with van der Waals surface area (Å²) in [5, 5.41) is 38.7.